The number of ether oxygens (including phenoxy) is 1. The lowest BCUT2D eigenvalue weighted by Gasteiger charge is -2.30. The average Bonchev–Trinajstić information content (AvgIpc) is 3.32. The number of aromatic nitrogens is 2. The number of methoxy groups -OCH3 is 1. The summed E-state index contributed by atoms with van der Waals surface area (Å²) in [7, 11) is 3.21. The first-order chi connectivity index (χ1) is 15.8. The van der Waals surface area contributed by atoms with Gasteiger partial charge in [-0.15, -0.1) is 0 Å². The minimum absolute atomic E-state index is 0.00232. The van der Waals surface area contributed by atoms with Crippen LogP contribution in [0.2, 0.25) is 0 Å². The van der Waals surface area contributed by atoms with Crippen LogP contribution in [0.3, 0.4) is 0 Å². The molecule has 1 aromatic carbocycles. The molecule has 3 aromatic rings. The summed E-state index contributed by atoms with van der Waals surface area (Å²) in [6, 6.07) is 10.5. The molecule has 4 rings (SSSR count). The summed E-state index contributed by atoms with van der Waals surface area (Å²) in [5, 5.41) is 3.08. The van der Waals surface area contributed by atoms with E-state index in [1.165, 1.54) is 13.2 Å². The molecule has 0 radical (unpaired) electrons. The molecule has 174 valence electrons. The zero-order chi connectivity index (χ0) is 23.6. The van der Waals surface area contributed by atoms with Gasteiger partial charge in [0, 0.05) is 31.6 Å². The highest BCUT2D eigenvalue weighted by molar-refractivity contribution is 5.80. The summed E-state index contributed by atoms with van der Waals surface area (Å²) < 4.78 is 20.9. The van der Waals surface area contributed by atoms with Gasteiger partial charge in [0.1, 0.15) is 5.65 Å². The Bertz CT molecular complexity index is 1190. The molecule has 7 nitrogen and oxygen atoms in total. The molecular weight excluding hydrogens is 423 g/mol. The van der Waals surface area contributed by atoms with E-state index in [9.17, 15) is 14.0 Å². The first-order valence-electron chi connectivity index (χ1n) is 11.1. The summed E-state index contributed by atoms with van der Waals surface area (Å²) in [6.07, 6.45) is 4.32. The molecular formula is C25H29FN4O3. The number of rotatable bonds is 8. The lowest BCUT2D eigenvalue weighted by atomic mass is 9.84. The Morgan fingerprint density at radius 1 is 1.33 bits per heavy atom. The van der Waals surface area contributed by atoms with E-state index >= 15 is 0 Å². The average molecular weight is 453 g/mol. The fourth-order valence-electron chi connectivity index (χ4n) is 4.59. The first-order valence-corrected chi connectivity index (χ1v) is 11.1. The molecule has 0 bridgehead atoms. The van der Waals surface area contributed by atoms with Crippen LogP contribution in [0, 0.1) is 12.7 Å². The fraction of sp³-hybridized carbons (Fsp3) is 0.400. The largest absolute Gasteiger partial charge is 0.494 e. The zero-order valence-corrected chi connectivity index (χ0v) is 19.2. The van der Waals surface area contributed by atoms with Crippen LogP contribution in [0.25, 0.3) is 5.65 Å². The Labute approximate surface area is 192 Å². The minimum atomic E-state index is -0.532. The molecule has 2 aromatic heterocycles. The van der Waals surface area contributed by atoms with Crippen LogP contribution in [-0.4, -0.2) is 45.8 Å². The summed E-state index contributed by atoms with van der Waals surface area (Å²) >= 11 is 0. The van der Waals surface area contributed by atoms with Crippen LogP contribution in [0.15, 0.2) is 42.6 Å². The number of pyridine rings is 1. The molecule has 0 spiro atoms. The predicted molar refractivity (Wildman–Crippen MR) is 122 cm³/mol. The van der Waals surface area contributed by atoms with Crippen molar-refractivity contribution >= 4 is 17.5 Å². The number of aryl methyl sites for hydroxylation is 1. The molecule has 1 N–H and O–H groups in total. The van der Waals surface area contributed by atoms with Gasteiger partial charge in [-0.25, -0.2) is 9.37 Å². The third-order valence-electron chi connectivity index (χ3n) is 6.45. The van der Waals surface area contributed by atoms with Crippen molar-refractivity contribution in [3.8, 4) is 5.75 Å². The molecule has 1 aliphatic rings. The monoisotopic (exact) mass is 452 g/mol. The maximum Gasteiger partial charge on any atom is 0.222 e. The predicted octanol–water partition coefficient (Wildman–Crippen LogP) is 3.42. The second-order valence-corrected chi connectivity index (χ2v) is 8.80. The molecule has 3 heterocycles. The van der Waals surface area contributed by atoms with E-state index in [-0.39, 0.29) is 17.6 Å². The van der Waals surface area contributed by atoms with Crippen molar-refractivity contribution in [1.82, 2.24) is 19.6 Å². The van der Waals surface area contributed by atoms with Gasteiger partial charge in [-0.3, -0.25) is 9.59 Å². The van der Waals surface area contributed by atoms with E-state index in [1.807, 2.05) is 35.7 Å². The summed E-state index contributed by atoms with van der Waals surface area (Å²) in [6.45, 7) is 2.39. The Morgan fingerprint density at radius 3 is 2.88 bits per heavy atom. The van der Waals surface area contributed by atoms with Crippen LogP contribution in [0.5, 0.6) is 5.75 Å². The number of amides is 2. The number of fused-ring (bicyclic) bond motifs is 1. The Morgan fingerprint density at radius 2 is 2.15 bits per heavy atom. The molecule has 33 heavy (non-hydrogen) atoms. The SMILES string of the molecule is COc1cc(CC2(CCC(=O)N(C)Cc3c(C)nc4ccccn34)CCC(=O)N2)ccc1F. The maximum absolute atomic E-state index is 13.8. The van der Waals surface area contributed by atoms with Crippen LogP contribution in [0.1, 0.15) is 42.6 Å². The van der Waals surface area contributed by atoms with Crippen molar-refractivity contribution in [3.63, 3.8) is 0 Å². The highest BCUT2D eigenvalue weighted by Gasteiger charge is 2.38. The number of nitrogens with zero attached hydrogens (tertiary/aromatic N) is 3. The Balaban J connectivity index is 1.45. The quantitative estimate of drug-likeness (QED) is 0.568. The van der Waals surface area contributed by atoms with Crippen molar-refractivity contribution in [2.45, 2.75) is 51.1 Å². The number of benzene rings is 1. The molecule has 0 aliphatic carbocycles. The van der Waals surface area contributed by atoms with Crippen LogP contribution in [-0.2, 0) is 22.6 Å². The normalized spacial score (nSPS) is 17.9. The third-order valence-corrected chi connectivity index (χ3v) is 6.45. The van der Waals surface area contributed by atoms with Gasteiger partial charge in [-0.2, -0.15) is 0 Å². The Kier molecular flexibility index (Phi) is 6.35. The van der Waals surface area contributed by atoms with Crippen molar-refractivity contribution in [1.29, 1.82) is 0 Å². The van der Waals surface area contributed by atoms with E-state index in [2.05, 4.69) is 10.3 Å². The van der Waals surface area contributed by atoms with E-state index in [0.717, 1.165) is 22.6 Å². The van der Waals surface area contributed by atoms with Gasteiger partial charge in [0.25, 0.3) is 0 Å². The first kappa shape index (κ1) is 22.8. The summed E-state index contributed by atoms with van der Waals surface area (Å²) in [5.41, 5.74) is 3.05. The highest BCUT2D eigenvalue weighted by Crippen LogP contribution is 2.31. The topological polar surface area (TPSA) is 75.9 Å². The minimum Gasteiger partial charge on any atom is -0.494 e. The zero-order valence-electron chi connectivity index (χ0n) is 19.2. The number of nitrogens with one attached hydrogen (secondary N) is 1. The van der Waals surface area contributed by atoms with Gasteiger partial charge in [-0.1, -0.05) is 12.1 Å². The van der Waals surface area contributed by atoms with Gasteiger partial charge < -0.3 is 19.4 Å². The van der Waals surface area contributed by atoms with Crippen molar-refractivity contribution < 1.29 is 18.7 Å². The molecule has 8 heteroatoms. The molecule has 0 saturated carbocycles. The van der Waals surface area contributed by atoms with Crippen LogP contribution < -0.4 is 10.1 Å². The van der Waals surface area contributed by atoms with Gasteiger partial charge in [0.05, 0.1) is 25.0 Å². The van der Waals surface area contributed by atoms with Crippen molar-refractivity contribution in [2.75, 3.05) is 14.2 Å². The second-order valence-electron chi connectivity index (χ2n) is 8.80. The number of imidazole rings is 1. The highest BCUT2D eigenvalue weighted by atomic mass is 19.1. The summed E-state index contributed by atoms with van der Waals surface area (Å²) in [4.78, 5) is 31.4. The molecule has 1 aliphatic heterocycles. The van der Waals surface area contributed by atoms with Crippen molar-refractivity contribution in [3.05, 3.63) is 65.4 Å². The number of carbonyl (C=O) groups excluding carboxylic acids is 2. The number of halogens is 1. The lowest BCUT2D eigenvalue weighted by molar-refractivity contribution is -0.131. The molecule has 1 atom stereocenters. The lowest BCUT2D eigenvalue weighted by Crippen LogP contribution is -2.44. The molecule has 1 unspecified atom stereocenters. The summed E-state index contributed by atoms with van der Waals surface area (Å²) in [5.74, 6) is -0.278. The third kappa shape index (κ3) is 4.84. The number of hydrogen-bond donors (Lipinski definition) is 1. The molecule has 1 fully saturated rings. The number of carbonyl (C=O) groups is 2. The molecule has 1 saturated heterocycles. The van der Waals surface area contributed by atoms with Crippen molar-refractivity contribution in [2.24, 2.45) is 0 Å². The molecule has 2 amide bonds. The van der Waals surface area contributed by atoms with Crippen LogP contribution >= 0.6 is 0 Å². The van der Waals surface area contributed by atoms with Gasteiger partial charge in [0.15, 0.2) is 11.6 Å². The fourth-order valence-corrected chi connectivity index (χ4v) is 4.59. The number of hydrogen-bond acceptors (Lipinski definition) is 4. The van der Waals surface area contributed by atoms with E-state index in [0.29, 0.717) is 38.6 Å². The smallest absolute Gasteiger partial charge is 0.222 e. The van der Waals surface area contributed by atoms with E-state index in [4.69, 9.17) is 4.74 Å². The van der Waals surface area contributed by atoms with Gasteiger partial charge in [0.2, 0.25) is 11.8 Å². The second kappa shape index (κ2) is 9.21. The Hall–Kier alpha value is -3.42. The maximum atomic E-state index is 13.8. The van der Waals surface area contributed by atoms with E-state index < -0.39 is 11.4 Å². The van der Waals surface area contributed by atoms with Gasteiger partial charge in [-0.05, 0) is 56.0 Å². The van der Waals surface area contributed by atoms with Gasteiger partial charge >= 0.3 is 0 Å². The standard InChI is InChI=1S/C25H29FN4O3/c1-17-20(30-13-5-4-6-22(30)27-17)16-29(2)24(32)10-12-25(11-9-23(31)28-25)15-18-7-8-19(26)21(14-18)33-3/h4-8,13-14H,9-12,15-16H2,1-3H3,(H,28,31). The van der Waals surface area contributed by atoms with E-state index in [1.54, 1.807) is 24.1 Å². The van der Waals surface area contributed by atoms with Crippen LogP contribution in [0.4, 0.5) is 4.39 Å².